The van der Waals surface area contributed by atoms with Crippen LogP contribution in [0.5, 0.6) is 0 Å². The van der Waals surface area contributed by atoms with Crippen molar-refractivity contribution in [3.8, 4) is 6.07 Å². The SMILES string of the molecule is CC(C)(C)OC(=O)N1CCC(C#N)(c2ccc(Br)cn2)C1. The first kappa shape index (κ1) is 15.8. The lowest BCUT2D eigenvalue weighted by atomic mass is 9.85. The highest BCUT2D eigenvalue weighted by Gasteiger charge is 2.44. The summed E-state index contributed by atoms with van der Waals surface area (Å²) in [6.07, 6.45) is 1.86. The zero-order valence-electron chi connectivity index (χ0n) is 12.4. The smallest absolute Gasteiger partial charge is 0.410 e. The van der Waals surface area contributed by atoms with Crippen molar-refractivity contribution >= 4 is 22.0 Å². The van der Waals surface area contributed by atoms with Crippen LogP contribution in [0.1, 0.15) is 32.9 Å². The molecule has 1 aliphatic heterocycles. The summed E-state index contributed by atoms with van der Waals surface area (Å²) in [7, 11) is 0. The number of likely N-dealkylation sites (tertiary alicyclic amines) is 1. The van der Waals surface area contributed by atoms with Gasteiger partial charge in [-0.25, -0.2) is 4.79 Å². The molecule has 0 spiro atoms. The van der Waals surface area contributed by atoms with Gasteiger partial charge in [-0.15, -0.1) is 0 Å². The van der Waals surface area contributed by atoms with E-state index in [4.69, 9.17) is 4.74 Å². The molecule has 1 unspecified atom stereocenters. The summed E-state index contributed by atoms with van der Waals surface area (Å²) in [6.45, 7) is 6.30. The van der Waals surface area contributed by atoms with E-state index in [1.807, 2.05) is 32.9 Å². The van der Waals surface area contributed by atoms with Gasteiger partial charge in [0.2, 0.25) is 0 Å². The molecule has 6 heteroatoms. The lowest BCUT2D eigenvalue weighted by Gasteiger charge is -2.25. The standard InChI is InChI=1S/C15H18BrN3O2/c1-14(2,3)21-13(20)19-7-6-15(9-17,10-19)12-5-4-11(16)8-18-12/h4-5,8H,6-7,10H2,1-3H3. The lowest BCUT2D eigenvalue weighted by molar-refractivity contribution is 0.0288. The van der Waals surface area contributed by atoms with E-state index in [1.54, 1.807) is 11.1 Å². The number of nitriles is 1. The van der Waals surface area contributed by atoms with Crippen LogP contribution in [0.4, 0.5) is 4.79 Å². The number of pyridine rings is 1. The molecule has 0 aromatic carbocycles. The molecule has 0 bridgehead atoms. The monoisotopic (exact) mass is 351 g/mol. The van der Waals surface area contributed by atoms with Crippen molar-refractivity contribution in [1.29, 1.82) is 5.26 Å². The molecule has 1 amide bonds. The number of amides is 1. The third-order valence-corrected chi connectivity index (χ3v) is 3.82. The summed E-state index contributed by atoms with van der Waals surface area (Å²) in [4.78, 5) is 18.0. The third-order valence-electron chi connectivity index (χ3n) is 3.35. The molecule has 1 aromatic rings. The Hall–Kier alpha value is -1.61. The van der Waals surface area contributed by atoms with E-state index in [0.29, 0.717) is 25.2 Å². The number of hydrogen-bond donors (Lipinski definition) is 0. The molecule has 112 valence electrons. The molecule has 0 aliphatic carbocycles. The van der Waals surface area contributed by atoms with Crippen molar-refractivity contribution in [2.75, 3.05) is 13.1 Å². The molecule has 2 heterocycles. The Morgan fingerprint density at radius 3 is 2.76 bits per heavy atom. The summed E-state index contributed by atoms with van der Waals surface area (Å²) in [5, 5.41) is 9.59. The van der Waals surface area contributed by atoms with Crippen LogP contribution >= 0.6 is 15.9 Å². The number of aromatic nitrogens is 1. The number of nitrogens with zero attached hydrogens (tertiary/aromatic N) is 3. The maximum atomic E-state index is 12.1. The number of rotatable bonds is 1. The number of hydrogen-bond acceptors (Lipinski definition) is 4. The first-order valence-corrected chi connectivity index (χ1v) is 7.56. The second-order valence-electron chi connectivity index (χ2n) is 6.21. The van der Waals surface area contributed by atoms with Crippen molar-refractivity contribution < 1.29 is 9.53 Å². The summed E-state index contributed by atoms with van der Waals surface area (Å²) in [5.41, 5.74) is -0.595. The first-order valence-electron chi connectivity index (χ1n) is 6.77. The Kier molecular flexibility index (Phi) is 4.24. The van der Waals surface area contributed by atoms with E-state index in [9.17, 15) is 10.1 Å². The molecular formula is C15H18BrN3O2. The zero-order valence-corrected chi connectivity index (χ0v) is 14.0. The molecule has 2 rings (SSSR count). The van der Waals surface area contributed by atoms with E-state index < -0.39 is 11.0 Å². The Bertz CT molecular complexity index is 574. The van der Waals surface area contributed by atoms with Crippen LogP contribution in [-0.2, 0) is 10.2 Å². The molecule has 21 heavy (non-hydrogen) atoms. The van der Waals surface area contributed by atoms with Gasteiger partial charge in [-0.2, -0.15) is 5.26 Å². The molecule has 5 nitrogen and oxygen atoms in total. The van der Waals surface area contributed by atoms with Crippen LogP contribution in [0, 0.1) is 11.3 Å². The molecule has 1 saturated heterocycles. The normalized spacial score (nSPS) is 22.0. The maximum Gasteiger partial charge on any atom is 0.410 e. The number of carbonyl (C=O) groups is 1. The van der Waals surface area contributed by atoms with E-state index in [1.165, 1.54) is 0 Å². The molecule has 1 atom stereocenters. The summed E-state index contributed by atoms with van der Waals surface area (Å²) in [6, 6.07) is 6.02. The van der Waals surface area contributed by atoms with Crippen molar-refractivity contribution in [2.24, 2.45) is 0 Å². The van der Waals surface area contributed by atoms with Crippen LogP contribution < -0.4 is 0 Å². The lowest BCUT2D eigenvalue weighted by Crippen LogP contribution is -2.38. The highest BCUT2D eigenvalue weighted by molar-refractivity contribution is 9.10. The van der Waals surface area contributed by atoms with Gasteiger partial charge in [-0.3, -0.25) is 4.98 Å². The van der Waals surface area contributed by atoms with Gasteiger partial charge < -0.3 is 9.64 Å². The van der Waals surface area contributed by atoms with Gasteiger partial charge in [0.1, 0.15) is 11.0 Å². The van der Waals surface area contributed by atoms with Gasteiger partial charge in [0, 0.05) is 23.8 Å². The van der Waals surface area contributed by atoms with Gasteiger partial charge in [0.05, 0.1) is 11.8 Å². The van der Waals surface area contributed by atoms with Gasteiger partial charge in [0.25, 0.3) is 0 Å². The van der Waals surface area contributed by atoms with Crippen LogP contribution in [0.15, 0.2) is 22.8 Å². The minimum Gasteiger partial charge on any atom is -0.444 e. The fourth-order valence-corrected chi connectivity index (χ4v) is 2.54. The molecule has 1 fully saturated rings. The Labute approximate surface area is 133 Å². The number of ether oxygens (including phenoxy) is 1. The van der Waals surface area contributed by atoms with Crippen LogP contribution in [0.2, 0.25) is 0 Å². The Balaban J connectivity index is 2.17. The van der Waals surface area contributed by atoms with E-state index >= 15 is 0 Å². The number of halogens is 1. The topological polar surface area (TPSA) is 66.2 Å². The molecule has 1 aliphatic rings. The van der Waals surface area contributed by atoms with E-state index in [2.05, 4.69) is 27.0 Å². The summed E-state index contributed by atoms with van der Waals surface area (Å²) < 4.78 is 6.23. The fraction of sp³-hybridized carbons (Fsp3) is 0.533. The fourth-order valence-electron chi connectivity index (χ4n) is 2.31. The maximum absolute atomic E-state index is 12.1. The average Bonchev–Trinajstić information content (AvgIpc) is 2.83. The quantitative estimate of drug-likeness (QED) is 0.778. The summed E-state index contributed by atoms with van der Waals surface area (Å²) >= 11 is 3.33. The second kappa shape index (κ2) is 5.64. The van der Waals surface area contributed by atoms with Crippen molar-refractivity contribution in [3.05, 3.63) is 28.5 Å². The van der Waals surface area contributed by atoms with Gasteiger partial charge in [-0.1, -0.05) is 0 Å². The molecule has 0 saturated carbocycles. The minimum atomic E-state index is -0.752. The van der Waals surface area contributed by atoms with Crippen LogP contribution in [0.3, 0.4) is 0 Å². The number of carbonyl (C=O) groups excluding carboxylic acids is 1. The highest BCUT2D eigenvalue weighted by Crippen LogP contribution is 2.34. The van der Waals surface area contributed by atoms with Crippen molar-refractivity contribution in [3.63, 3.8) is 0 Å². The van der Waals surface area contributed by atoms with Gasteiger partial charge >= 0.3 is 6.09 Å². The largest absolute Gasteiger partial charge is 0.444 e. The Morgan fingerprint density at radius 2 is 2.24 bits per heavy atom. The first-order chi connectivity index (χ1) is 9.76. The second-order valence-corrected chi connectivity index (χ2v) is 7.12. The highest BCUT2D eigenvalue weighted by atomic mass is 79.9. The van der Waals surface area contributed by atoms with Crippen molar-refractivity contribution in [2.45, 2.75) is 38.2 Å². The summed E-state index contributed by atoms with van der Waals surface area (Å²) in [5.74, 6) is 0. The van der Waals surface area contributed by atoms with E-state index in [0.717, 1.165) is 4.47 Å². The predicted octanol–water partition coefficient (Wildman–Crippen LogP) is 3.25. The zero-order chi connectivity index (χ0) is 15.7. The van der Waals surface area contributed by atoms with Crippen LogP contribution in [-0.4, -0.2) is 34.7 Å². The molecule has 0 N–H and O–H groups in total. The predicted molar refractivity (Wildman–Crippen MR) is 81.7 cm³/mol. The average molecular weight is 352 g/mol. The molecule has 0 radical (unpaired) electrons. The van der Waals surface area contributed by atoms with E-state index in [-0.39, 0.29) is 6.09 Å². The van der Waals surface area contributed by atoms with Gasteiger partial charge in [0.15, 0.2) is 0 Å². The Morgan fingerprint density at radius 1 is 1.52 bits per heavy atom. The van der Waals surface area contributed by atoms with Gasteiger partial charge in [-0.05, 0) is 55.3 Å². The van der Waals surface area contributed by atoms with Crippen molar-refractivity contribution in [1.82, 2.24) is 9.88 Å². The van der Waals surface area contributed by atoms with Crippen LogP contribution in [0.25, 0.3) is 0 Å². The minimum absolute atomic E-state index is 0.313. The third kappa shape index (κ3) is 3.53. The molecule has 1 aromatic heterocycles. The molecular weight excluding hydrogens is 334 g/mol.